The van der Waals surface area contributed by atoms with Gasteiger partial charge in [-0.25, -0.2) is 0 Å². The smallest absolute Gasteiger partial charge is 0.161 e. The molecule has 2 heterocycles. The number of thiophene rings is 1. The fourth-order valence-electron chi connectivity index (χ4n) is 2.05. The standard InChI is InChI=1S/C14H14ClNO2S/c15-10-4-7-19-14(10)13(16)9-2-3-11-12(8-9)18-6-1-5-17-11/h2-4,7-8,13H,1,5-6,16H2. The van der Waals surface area contributed by atoms with Gasteiger partial charge in [0.05, 0.1) is 24.3 Å². The predicted molar refractivity (Wildman–Crippen MR) is 77.4 cm³/mol. The third-order valence-corrected chi connectivity index (χ3v) is 4.50. The largest absolute Gasteiger partial charge is 0.490 e. The zero-order chi connectivity index (χ0) is 13.2. The Kier molecular flexibility index (Phi) is 3.64. The van der Waals surface area contributed by atoms with Gasteiger partial charge >= 0.3 is 0 Å². The van der Waals surface area contributed by atoms with Gasteiger partial charge in [-0.15, -0.1) is 11.3 Å². The van der Waals surface area contributed by atoms with Gasteiger partial charge in [0.25, 0.3) is 0 Å². The van der Waals surface area contributed by atoms with Gasteiger partial charge in [-0.05, 0) is 29.1 Å². The molecule has 0 aliphatic carbocycles. The highest BCUT2D eigenvalue weighted by molar-refractivity contribution is 7.10. The Morgan fingerprint density at radius 1 is 1.16 bits per heavy atom. The molecular weight excluding hydrogens is 282 g/mol. The van der Waals surface area contributed by atoms with Crippen LogP contribution < -0.4 is 15.2 Å². The molecule has 3 rings (SSSR count). The second-order valence-electron chi connectivity index (χ2n) is 4.37. The van der Waals surface area contributed by atoms with Crippen molar-refractivity contribution in [1.82, 2.24) is 0 Å². The van der Waals surface area contributed by atoms with Crippen LogP contribution in [0.25, 0.3) is 0 Å². The number of benzene rings is 1. The van der Waals surface area contributed by atoms with Crippen LogP contribution in [0.2, 0.25) is 5.02 Å². The van der Waals surface area contributed by atoms with E-state index in [1.165, 1.54) is 0 Å². The van der Waals surface area contributed by atoms with Gasteiger partial charge in [-0.2, -0.15) is 0 Å². The summed E-state index contributed by atoms with van der Waals surface area (Å²) in [5.41, 5.74) is 7.24. The first kappa shape index (κ1) is 12.8. The highest BCUT2D eigenvalue weighted by Crippen LogP contribution is 2.36. The van der Waals surface area contributed by atoms with Crippen molar-refractivity contribution in [2.45, 2.75) is 12.5 Å². The summed E-state index contributed by atoms with van der Waals surface area (Å²) in [5, 5.41) is 2.66. The molecule has 0 radical (unpaired) electrons. The Hall–Kier alpha value is -1.23. The predicted octanol–water partition coefficient (Wildman–Crippen LogP) is 3.61. The maximum atomic E-state index is 6.26. The van der Waals surface area contributed by atoms with E-state index in [9.17, 15) is 0 Å². The lowest BCUT2D eigenvalue weighted by Gasteiger charge is -2.14. The highest BCUT2D eigenvalue weighted by atomic mass is 35.5. The molecule has 0 saturated carbocycles. The number of ether oxygens (including phenoxy) is 2. The average Bonchev–Trinajstić information content (AvgIpc) is 2.72. The molecule has 1 aromatic carbocycles. The number of hydrogen-bond donors (Lipinski definition) is 1. The highest BCUT2D eigenvalue weighted by Gasteiger charge is 2.17. The molecule has 0 bridgehead atoms. The molecule has 0 fully saturated rings. The molecule has 2 N–H and O–H groups in total. The summed E-state index contributed by atoms with van der Waals surface area (Å²) < 4.78 is 11.3. The topological polar surface area (TPSA) is 44.5 Å². The summed E-state index contributed by atoms with van der Waals surface area (Å²) in [6.45, 7) is 1.36. The van der Waals surface area contributed by atoms with E-state index in [4.69, 9.17) is 26.8 Å². The van der Waals surface area contributed by atoms with Gasteiger partial charge in [0.1, 0.15) is 0 Å². The van der Waals surface area contributed by atoms with Crippen LogP contribution in [0.3, 0.4) is 0 Å². The van der Waals surface area contributed by atoms with Crippen LogP contribution in [-0.4, -0.2) is 13.2 Å². The first-order valence-electron chi connectivity index (χ1n) is 6.14. The Morgan fingerprint density at radius 3 is 2.68 bits per heavy atom. The Morgan fingerprint density at radius 2 is 1.95 bits per heavy atom. The second kappa shape index (κ2) is 5.41. The molecule has 1 aromatic heterocycles. The molecule has 19 heavy (non-hydrogen) atoms. The molecular formula is C14H14ClNO2S. The van der Waals surface area contributed by atoms with E-state index in [2.05, 4.69) is 0 Å². The van der Waals surface area contributed by atoms with Crippen LogP contribution in [0.15, 0.2) is 29.6 Å². The summed E-state index contributed by atoms with van der Waals surface area (Å²) in [7, 11) is 0. The summed E-state index contributed by atoms with van der Waals surface area (Å²) in [6.07, 6.45) is 0.896. The van der Waals surface area contributed by atoms with Crippen molar-refractivity contribution in [1.29, 1.82) is 0 Å². The van der Waals surface area contributed by atoms with Gasteiger partial charge in [-0.3, -0.25) is 0 Å². The molecule has 3 nitrogen and oxygen atoms in total. The van der Waals surface area contributed by atoms with Crippen LogP contribution in [-0.2, 0) is 0 Å². The van der Waals surface area contributed by atoms with Crippen LogP contribution in [0.5, 0.6) is 11.5 Å². The van der Waals surface area contributed by atoms with Crippen LogP contribution in [0, 0.1) is 0 Å². The monoisotopic (exact) mass is 295 g/mol. The molecule has 1 aliphatic rings. The summed E-state index contributed by atoms with van der Waals surface area (Å²) >= 11 is 7.69. The SMILES string of the molecule is NC(c1ccc2c(c1)OCCCO2)c1sccc1Cl. The first-order valence-corrected chi connectivity index (χ1v) is 7.39. The minimum Gasteiger partial charge on any atom is -0.490 e. The second-order valence-corrected chi connectivity index (χ2v) is 5.72. The Labute approximate surface area is 120 Å². The van der Waals surface area contributed by atoms with E-state index in [0.29, 0.717) is 18.2 Å². The van der Waals surface area contributed by atoms with Crippen molar-refractivity contribution < 1.29 is 9.47 Å². The number of fused-ring (bicyclic) bond motifs is 1. The van der Waals surface area contributed by atoms with E-state index < -0.39 is 0 Å². The third kappa shape index (κ3) is 2.56. The van der Waals surface area contributed by atoms with Gasteiger partial charge in [0.2, 0.25) is 0 Å². The van der Waals surface area contributed by atoms with Crippen molar-refractivity contribution in [3.63, 3.8) is 0 Å². The van der Waals surface area contributed by atoms with Gasteiger partial charge in [0, 0.05) is 11.3 Å². The molecule has 1 aliphatic heterocycles. The van der Waals surface area contributed by atoms with Crippen molar-refractivity contribution in [2.75, 3.05) is 13.2 Å². The number of rotatable bonds is 2. The maximum absolute atomic E-state index is 6.26. The lowest BCUT2D eigenvalue weighted by Crippen LogP contribution is -2.11. The normalized spacial score (nSPS) is 15.9. The van der Waals surface area contributed by atoms with E-state index in [1.807, 2.05) is 29.6 Å². The Balaban J connectivity index is 1.93. The fraction of sp³-hybridized carbons (Fsp3) is 0.286. The van der Waals surface area contributed by atoms with Crippen molar-refractivity contribution in [2.24, 2.45) is 5.73 Å². The minimum atomic E-state index is -0.232. The van der Waals surface area contributed by atoms with Crippen LogP contribution in [0.1, 0.15) is 22.9 Å². The summed E-state index contributed by atoms with van der Waals surface area (Å²) in [4.78, 5) is 0.969. The van der Waals surface area contributed by atoms with E-state index >= 15 is 0 Å². The number of halogens is 1. The molecule has 0 saturated heterocycles. The summed E-state index contributed by atoms with van der Waals surface area (Å²) in [6, 6.07) is 7.46. The van der Waals surface area contributed by atoms with E-state index in [1.54, 1.807) is 11.3 Å². The average molecular weight is 296 g/mol. The van der Waals surface area contributed by atoms with Crippen LogP contribution in [0.4, 0.5) is 0 Å². The third-order valence-electron chi connectivity index (χ3n) is 3.06. The molecule has 2 aromatic rings. The lowest BCUT2D eigenvalue weighted by atomic mass is 10.1. The lowest BCUT2D eigenvalue weighted by molar-refractivity contribution is 0.297. The first-order chi connectivity index (χ1) is 9.25. The molecule has 1 atom stereocenters. The number of hydrogen-bond acceptors (Lipinski definition) is 4. The minimum absolute atomic E-state index is 0.232. The fourth-order valence-corrected chi connectivity index (χ4v) is 3.25. The zero-order valence-corrected chi connectivity index (χ0v) is 11.8. The molecule has 100 valence electrons. The van der Waals surface area contributed by atoms with Gasteiger partial charge in [-0.1, -0.05) is 17.7 Å². The quantitative estimate of drug-likeness (QED) is 0.920. The molecule has 5 heteroatoms. The Bertz CT molecular complexity index is 585. The molecule has 1 unspecified atom stereocenters. The van der Waals surface area contributed by atoms with E-state index in [-0.39, 0.29) is 6.04 Å². The number of nitrogens with two attached hydrogens (primary N) is 1. The van der Waals surface area contributed by atoms with Crippen molar-refractivity contribution in [3.8, 4) is 11.5 Å². The van der Waals surface area contributed by atoms with Gasteiger partial charge < -0.3 is 15.2 Å². The molecule has 0 spiro atoms. The van der Waals surface area contributed by atoms with E-state index in [0.717, 1.165) is 28.4 Å². The van der Waals surface area contributed by atoms with Gasteiger partial charge in [0.15, 0.2) is 11.5 Å². The molecule has 0 amide bonds. The van der Waals surface area contributed by atoms with Crippen molar-refractivity contribution in [3.05, 3.63) is 45.1 Å². The maximum Gasteiger partial charge on any atom is 0.161 e. The van der Waals surface area contributed by atoms with Crippen molar-refractivity contribution >= 4 is 22.9 Å². The summed E-state index contributed by atoms with van der Waals surface area (Å²) in [5.74, 6) is 1.55. The van der Waals surface area contributed by atoms with Crippen LogP contribution >= 0.6 is 22.9 Å². The zero-order valence-electron chi connectivity index (χ0n) is 10.3.